The molecule has 4 heteroatoms. The van der Waals surface area contributed by atoms with Gasteiger partial charge in [-0.15, -0.1) is 0 Å². The first kappa shape index (κ1) is 18.6. The molecule has 0 fully saturated rings. The first-order chi connectivity index (χ1) is 14.2. The minimum Gasteiger partial charge on any atom is -0.496 e. The van der Waals surface area contributed by atoms with Gasteiger partial charge in [0.15, 0.2) is 5.76 Å². The van der Waals surface area contributed by atoms with E-state index in [2.05, 4.69) is 0 Å². The quantitative estimate of drug-likeness (QED) is 0.531. The van der Waals surface area contributed by atoms with Gasteiger partial charge >= 0.3 is 0 Å². The number of carbonyl (C=O) groups excluding carboxylic acids is 1. The molecule has 1 aliphatic heterocycles. The van der Waals surface area contributed by atoms with E-state index < -0.39 is 0 Å². The molecule has 3 aromatic carbocycles. The maximum absolute atomic E-state index is 12.5. The van der Waals surface area contributed by atoms with E-state index in [-0.39, 0.29) is 5.78 Å². The predicted octanol–water partition coefficient (Wildman–Crippen LogP) is 5.45. The zero-order chi connectivity index (χ0) is 20.1. The third-order valence-corrected chi connectivity index (χ3v) is 4.56. The van der Waals surface area contributed by atoms with Crippen LogP contribution in [0.2, 0.25) is 0 Å². The number of para-hydroxylation sites is 1. The zero-order valence-corrected chi connectivity index (χ0v) is 16.0. The van der Waals surface area contributed by atoms with Crippen molar-refractivity contribution in [3.05, 3.63) is 107 Å². The van der Waals surface area contributed by atoms with Crippen LogP contribution in [0.3, 0.4) is 0 Å². The summed E-state index contributed by atoms with van der Waals surface area (Å²) in [5.74, 6) is 2.08. The summed E-state index contributed by atoms with van der Waals surface area (Å²) in [6.45, 7) is 0.360. The number of benzene rings is 3. The molecule has 29 heavy (non-hydrogen) atoms. The average Bonchev–Trinajstić information content (AvgIpc) is 3.08. The van der Waals surface area contributed by atoms with E-state index >= 15 is 0 Å². The van der Waals surface area contributed by atoms with Gasteiger partial charge in [0.25, 0.3) is 0 Å². The highest BCUT2D eigenvalue weighted by molar-refractivity contribution is 6.12. The Labute approximate surface area is 169 Å². The molecule has 0 aliphatic carbocycles. The maximum atomic E-state index is 12.5. The Kier molecular flexibility index (Phi) is 5.43. The fraction of sp³-hybridized carbons (Fsp3) is 0.0800. The van der Waals surface area contributed by atoms with Gasteiger partial charge in [0.2, 0.25) is 5.78 Å². The molecule has 0 aromatic heterocycles. The number of allylic oxidation sites excluding steroid dienone is 3. The van der Waals surface area contributed by atoms with Crippen LogP contribution in [0, 0.1) is 0 Å². The first-order valence-corrected chi connectivity index (χ1v) is 9.29. The van der Waals surface area contributed by atoms with Gasteiger partial charge in [-0.05, 0) is 29.8 Å². The Hall–Kier alpha value is -3.79. The molecule has 0 N–H and O–H groups in total. The molecule has 0 radical (unpaired) electrons. The number of fused-ring (bicyclic) bond motifs is 1. The maximum Gasteiger partial charge on any atom is 0.231 e. The second-order valence-corrected chi connectivity index (χ2v) is 6.49. The van der Waals surface area contributed by atoms with Crippen molar-refractivity contribution < 1.29 is 19.0 Å². The predicted molar refractivity (Wildman–Crippen MR) is 112 cm³/mol. The Bertz CT molecular complexity index is 1080. The van der Waals surface area contributed by atoms with Crippen LogP contribution in [-0.2, 0) is 6.61 Å². The fourth-order valence-electron chi connectivity index (χ4n) is 3.07. The van der Waals surface area contributed by atoms with Gasteiger partial charge in [-0.25, -0.2) is 0 Å². The monoisotopic (exact) mass is 384 g/mol. The lowest BCUT2D eigenvalue weighted by atomic mass is 10.1. The van der Waals surface area contributed by atoms with Crippen molar-refractivity contribution >= 4 is 11.9 Å². The summed E-state index contributed by atoms with van der Waals surface area (Å²) >= 11 is 0. The molecule has 0 bridgehead atoms. The van der Waals surface area contributed by atoms with Crippen molar-refractivity contribution in [2.24, 2.45) is 0 Å². The van der Waals surface area contributed by atoms with Gasteiger partial charge in [0, 0.05) is 11.6 Å². The molecule has 3 aromatic rings. The minimum atomic E-state index is -0.131. The van der Waals surface area contributed by atoms with Crippen LogP contribution < -0.4 is 14.2 Å². The van der Waals surface area contributed by atoms with Crippen molar-refractivity contribution in [3.8, 4) is 17.2 Å². The lowest BCUT2D eigenvalue weighted by Gasteiger charge is -2.10. The van der Waals surface area contributed by atoms with E-state index in [1.165, 1.54) is 0 Å². The normalized spacial score (nSPS) is 14.1. The highest BCUT2D eigenvalue weighted by Gasteiger charge is 2.27. The van der Waals surface area contributed by atoms with Crippen LogP contribution in [0.1, 0.15) is 21.5 Å². The smallest absolute Gasteiger partial charge is 0.231 e. The largest absolute Gasteiger partial charge is 0.496 e. The third kappa shape index (κ3) is 4.22. The molecule has 0 unspecified atom stereocenters. The van der Waals surface area contributed by atoms with E-state index in [4.69, 9.17) is 14.2 Å². The van der Waals surface area contributed by atoms with Gasteiger partial charge in [-0.1, -0.05) is 60.7 Å². The number of ketones is 1. The number of carbonyl (C=O) groups is 1. The second-order valence-electron chi connectivity index (χ2n) is 6.49. The zero-order valence-electron chi connectivity index (χ0n) is 16.0. The lowest BCUT2D eigenvalue weighted by molar-refractivity contribution is 0.101. The molecule has 0 atom stereocenters. The van der Waals surface area contributed by atoms with Gasteiger partial charge in [0.1, 0.15) is 23.9 Å². The molecular formula is C25H20O4. The molecule has 4 nitrogen and oxygen atoms in total. The molecule has 0 saturated carbocycles. The van der Waals surface area contributed by atoms with Gasteiger partial charge in [0.05, 0.1) is 12.7 Å². The van der Waals surface area contributed by atoms with E-state index in [0.29, 0.717) is 29.4 Å². The van der Waals surface area contributed by atoms with Crippen LogP contribution in [0.5, 0.6) is 17.2 Å². The SMILES string of the molecule is COc1ccccc1COc1ccc2c(c1)O/C(=C\C=C\c1ccccc1)C2=O. The number of hydrogen-bond donors (Lipinski definition) is 0. The van der Waals surface area contributed by atoms with Crippen molar-refractivity contribution in [1.82, 2.24) is 0 Å². The molecule has 0 amide bonds. The van der Waals surface area contributed by atoms with Gasteiger partial charge < -0.3 is 14.2 Å². The van der Waals surface area contributed by atoms with E-state index in [0.717, 1.165) is 16.9 Å². The van der Waals surface area contributed by atoms with Crippen LogP contribution in [0.15, 0.2) is 90.7 Å². The van der Waals surface area contributed by atoms with Gasteiger partial charge in [-0.2, -0.15) is 0 Å². The summed E-state index contributed by atoms with van der Waals surface area (Å²) in [6, 6.07) is 22.8. The summed E-state index contributed by atoms with van der Waals surface area (Å²) in [7, 11) is 1.63. The molecule has 144 valence electrons. The molecule has 1 heterocycles. The number of hydrogen-bond acceptors (Lipinski definition) is 4. The highest BCUT2D eigenvalue weighted by atomic mass is 16.5. The Morgan fingerprint density at radius 2 is 1.76 bits per heavy atom. The number of methoxy groups -OCH3 is 1. The average molecular weight is 384 g/mol. The summed E-state index contributed by atoms with van der Waals surface area (Å²) < 4.78 is 17.0. The molecular weight excluding hydrogens is 364 g/mol. The lowest BCUT2D eigenvalue weighted by Crippen LogP contribution is -1.98. The molecule has 0 saturated heterocycles. The number of ether oxygens (including phenoxy) is 3. The third-order valence-electron chi connectivity index (χ3n) is 4.56. The number of Topliss-reactive ketones (excluding diaryl/α,β-unsaturated/α-hetero) is 1. The Balaban J connectivity index is 1.46. The van der Waals surface area contributed by atoms with Crippen LogP contribution in [0.25, 0.3) is 6.08 Å². The summed E-state index contributed by atoms with van der Waals surface area (Å²) in [5.41, 5.74) is 2.53. The summed E-state index contributed by atoms with van der Waals surface area (Å²) in [4.78, 5) is 12.5. The van der Waals surface area contributed by atoms with Crippen molar-refractivity contribution in [2.45, 2.75) is 6.61 Å². The van der Waals surface area contributed by atoms with E-state index in [9.17, 15) is 4.79 Å². The van der Waals surface area contributed by atoms with Gasteiger partial charge in [-0.3, -0.25) is 4.79 Å². The topological polar surface area (TPSA) is 44.8 Å². The fourth-order valence-corrected chi connectivity index (χ4v) is 3.07. The molecule has 4 rings (SSSR count). The van der Waals surface area contributed by atoms with E-state index in [1.807, 2.05) is 66.7 Å². The molecule has 1 aliphatic rings. The molecule has 0 spiro atoms. The van der Waals surface area contributed by atoms with Crippen LogP contribution in [0.4, 0.5) is 0 Å². The highest BCUT2D eigenvalue weighted by Crippen LogP contribution is 2.34. The summed E-state index contributed by atoms with van der Waals surface area (Å²) in [6.07, 6.45) is 5.42. The Morgan fingerprint density at radius 3 is 2.59 bits per heavy atom. The Morgan fingerprint density at radius 1 is 0.966 bits per heavy atom. The first-order valence-electron chi connectivity index (χ1n) is 9.29. The standard InChI is InChI=1S/C25H20O4/c1-27-22-12-6-5-11-19(22)17-28-20-14-15-21-24(16-20)29-23(25(21)26)13-7-10-18-8-3-2-4-9-18/h2-16H,17H2,1H3/b10-7+,23-13-. The van der Waals surface area contributed by atoms with Crippen LogP contribution in [-0.4, -0.2) is 12.9 Å². The second kappa shape index (κ2) is 8.48. The van der Waals surface area contributed by atoms with Crippen molar-refractivity contribution in [3.63, 3.8) is 0 Å². The number of rotatable bonds is 6. The minimum absolute atomic E-state index is 0.131. The van der Waals surface area contributed by atoms with E-state index in [1.54, 1.807) is 31.4 Å². The van der Waals surface area contributed by atoms with Crippen LogP contribution >= 0.6 is 0 Å². The van der Waals surface area contributed by atoms with Crippen molar-refractivity contribution in [2.75, 3.05) is 7.11 Å². The summed E-state index contributed by atoms with van der Waals surface area (Å²) in [5, 5.41) is 0. The van der Waals surface area contributed by atoms with Crippen molar-refractivity contribution in [1.29, 1.82) is 0 Å².